The van der Waals surface area contributed by atoms with Gasteiger partial charge in [-0.25, -0.2) is 4.39 Å². The molecule has 0 unspecified atom stereocenters. The first kappa shape index (κ1) is 18.3. The van der Waals surface area contributed by atoms with Gasteiger partial charge in [-0.2, -0.15) is 0 Å². The molecule has 3 aromatic rings. The first-order valence-electron chi connectivity index (χ1n) is 7.78. The largest absolute Gasteiger partial charge is 0.494 e. The molecule has 0 amide bonds. The summed E-state index contributed by atoms with van der Waals surface area (Å²) in [6, 6.07) is 7.34. The maximum atomic E-state index is 14.1. The lowest BCUT2D eigenvalue weighted by molar-refractivity contribution is -0.793. The molecule has 0 N–H and O–H groups in total. The second-order valence-electron chi connectivity index (χ2n) is 5.39. The summed E-state index contributed by atoms with van der Waals surface area (Å²) in [6.45, 7) is 0. The summed E-state index contributed by atoms with van der Waals surface area (Å²) in [5.74, 6) is 0.576. The molecule has 0 radical (unpaired) electrons. The minimum atomic E-state index is -0.618. The maximum Gasteiger partial charge on any atom is 0.256 e. The average molecular weight is 376 g/mol. The van der Waals surface area contributed by atoms with Crippen molar-refractivity contribution >= 4 is 0 Å². The third-order valence-corrected chi connectivity index (χ3v) is 3.98. The Kier molecular flexibility index (Phi) is 5.02. The minimum Gasteiger partial charge on any atom is -0.494 e. The molecule has 1 heterocycles. The Balaban J connectivity index is 2.19. The molecule has 0 saturated heterocycles. The number of hydrogen-bond acceptors (Lipinski definition) is 7. The maximum absolute atomic E-state index is 14.1. The number of rotatable bonds is 6. The Morgan fingerprint density at radius 3 is 2.04 bits per heavy atom. The van der Waals surface area contributed by atoms with Crippen LogP contribution in [0.3, 0.4) is 0 Å². The van der Waals surface area contributed by atoms with Gasteiger partial charge in [-0.15, -0.1) is 0 Å². The highest BCUT2D eigenvalue weighted by Crippen LogP contribution is 2.42. The molecular formula is C18H17FN2O6. The van der Waals surface area contributed by atoms with Crippen molar-refractivity contribution in [3.63, 3.8) is 0 Å². The van der Waals surface area contributed by atoms with E-state index in [1.165, 1.54) is 46.6 Å². The first-order chi connectivity index (χ1) is 13.0. The zero-order valence-corrected chi connectivity index (χ0v) is 15.1. The lowest BCUT2D eigenvalue weighted by Gasteiger charge is -2.12. The van der Waals surface area contributed by atoms with Gasteiger partial charge in [-0.3, -0.25) is 4.63 Å². The van der Waals surface area contributed by atoms with Gasteiger partial charge in [0, 0.05) is 16.3 Å². The third kappa shape index (κ3) is 3.19. The van der Waals surface area contributed by atoms with Crippen LogP contribution in [0.5, 0.6) is 23.0 Å². The highest BCUT2D eigenvalue weighted by atomic mass is 19.1. The molecule has 0 atom stereocenters. The van der Waals surface area contributed by atoms with Gasteiger partial charge < -0.3 is 24.2 Å². The molecule has 2 aromatic carbocycles. The highest BCUT2D eigenvalue weighted by molar-refractivity contribution is 5.78. The van der Waals surface area contributed by atoms with Gasteiger partial charge in [0.1, 0.15) is 0 Å². The predicted octanol–water partition coefficient (Wildman–Crippen LogP) is 2.82. The molecular weight excluding hydrogens is 359 g/mol. The summed E-state index contributed by atoms with van der Waals surface area (Å²) in [7, 11) is 5.77. The molecule has 0 aliphatic rings. The van der Waals surface area contributed by atoms with Gasteiger partial charge in [-0.05, 0) is 35.2 Å². The van der Waals surface area contributed by atoms with E-state index in [9.17, 15) is 9.60 Å². The zero-order valence-electron chi connectivity index (χ0n) is 15.1. The van der Waals surface area contributed by atoms with Gasteiger partial charge in [0.05, 0.1) is 28.4 Å². The standard InChI is InChI=1S/C18H17FN2O6/c1-23-13-6-5-10(7-12(13)19)17-16(20-27-21(17)22)11-8-14(24-2)18(26-4)15(9-11)25-3/h5-9H,1-4H3. The number of methoxy groups -OCH3 is 4. The van der Waals surface area contributed by atoms with Gasteiger partial charge in [-0.1, -0.05) is 0 Å². The van der Waals surface area contributed by atoms with Gasteiger partial charge in [0.15, 0.2) is 23.1 Å². The van der Waals surface area contributed by atoms with Crippen molar-refractivity contribution in [3.8, 4) is 45.5 Å². The van der Waals surface area contributed by atoms with E-state index >= 15 is 0 Å². The summed E-state index contributed by atoms with van der Waals surface area (Å²) in [6.07, 6.45) is 0. The summed E-state index contributed by atoms with van der Waals surface area (Å²) < 4.78 is 39.7. The van der Waals surface area contributed by atoms with Crippen LogP contribution in [0, 0.1) is 11.0 Å². The van der Waals surface area contributed by atoms with Crippen molar-refractivity contribution in [1.29, 1.82) is 0 Å². The summed E-state index contributed by atoms with van der Waals surface area (Å²) in [5.41, 5.74) is 0.960. The predicted molar refractivity (Wildman–Crippen MR) is 92.5 cm³/mol. The Morgan fingerprint density at radius 1 is 0.889 bits per heavy atom. The summed E-state index contributed by atoms with van der Waals surface area (Å²) in [4.78, 5) is 0.208. The fraction of sp³-hybridized carbons (Fsp3) is 0.222. The number of ether oxygens (including phenoxy) is 4. The molecule has 9 heteroatoms. The Hall–Kier alpha value is -3.49. The van der Waals surface area contributed by atoms with E-state index in [2.05, 4.69) is 5.16 Å². The minimum absolute atomic E-state index is 0.0332. The second-order valence-corrected chi connectivity index (χ2v) is 5.39. The van der Waals surface area contributed by atoms with E-state index in [1.807, 2.05) is 0 Å². The quantitative estimate of drug-likeness (QED) is 0.611. The molecule has 142 valence electrons. The van der Waals surface area contributed by atoms with E-state index in [4.69, 9.17) is 23.6 Å². The number of hydrogen-bond donors (Lipinski definition) is 0. The Bertz CT molecular complexity index is 947. The number of halogens is 1. The van der Waals surface area contributed by atoms with E-state index in [0.717, 1.165) is 0 Å². The van der Waals surface area contributed by atoms with Crippen LogP contribution in [0.1, 0.15) is 0 Å². The van der Waals surface area contributed by atoms with Gasteiger partial charge in [0.2, 0.25) is 11.4 Å². The Labute approximate surface area is 154 Å². The Morgan fingerprint density at radius 2 is 1.52 bits per heavy atom. The fourth-order valence-electron chi connectivity index (χ4n) is 2.71. The molecule has 1 aromatic heterocycles. The molecule has 27 heavy (non-hydrogen) atoms. The monoisotopic (exact) mass is 376 g/mol. The van der Waals surface area contributed by atoms with Gasteiger partial charge >= 0.3 is 0 Å². The van der Waals surface area contributed by atoms with Crippen LogP contribution in [0.2, 0.25) is 0 Å². The van der Waals surface area contributed by atoms with E-state index in [-0.39, 0.29) is 27.6 Å². The zero-order chi connectivity index (χ0) is 19.6. The third-order valence-electron chi connectivity index (χ3n) is 3.98. The number of benzene rings is 2. The first-order valence-corrected chi connectivity index (χ1v) is 7.78. The van der Waals surface area contributed by atoms with Crippen LogP contribution in [-0.2, 0) is 0 Å². The average Bonchev–Trinajstić information content (AvgIpc) is 3.08. The lowest BCUT2D eigenvalue weighted by atomic mass is 10.0. The van der Waals surface area contributed by atoms with Crippen LogP contribution in [0.15, 0.2) is 35.0 Å². The molecule has 0 fully saturated rings. The highest BCUT2D eigenvalue weighted by Gasteiger charge is 2.26. The van der Waals surface area contributed by atoms with Gasteiger partial charge in [0.25, 0.3) is 5.69 Å². The SMILES string of the molecule is COc1ccc(-c2c(-c3cc(OC)c(OC)c(OC)c3)no[n+]2[O-])cc1F. The topological polar surface area (TPSA) is 89.9 Å². The lowest BCUT2D eigenvalue weighted by Crippen LogP contribution is -2.25. The van der Waals surface area contributed by atoms with Crippen LogP contribution >= 0.6 is 0 Å². The second kappa shape index (κ2) is 7.40. The summed E-state index contributed by atoms with van der Waals surface area (Å²) >= 11 is 0. The van der Waals surface area contributed by atoms with Crippen LogP contribution in [0.25, 0.3) is 22.5 Å². The van der Waals surface area contributed by atoms with Crippen molar-refractivity contribution in [1.82, 2.24) is 5.16 Å². The normalized spacial score (nSPS) is 10.6. The fourth-order valence-corrected chi connectivity index (χ4v) is 2.71. The molecule has 0 aliphatic heterocycles. The van der Waals surface area contributed by atoms with E-state index < -0.39 is 5.82 Å². The molecule has 0 spiro atoms. The number of aromatic nitrogens is 2. The smallest absolute Gasteiger partial charge is 0.256 e. The van der Waals surface area contributed by atoms with Crippen molar-refractivity contribution in [2.45, 2.75) is 0 Å². The molecule has 0 saturated carbocycles. The number of nitrogens with zero attached hydrogens (tertiary/aromatic N) is 2. The van der Waals surface area contributed by atoms with Crippen molar-refractivity contribution in [3.05, 3.63) is 41.4 Å². The van der Waals surface area contributed by atoms with E-state index in [0.29, 0.717) is 22.8 Å². The van der Waals surface area contributed by atoms with Crippen LogP contribution in [-0.4, -0.2) is 33.6 Å². The van der Waals surface area contributed by atoms with Crippen molar-refractivity contribution in [2.75, 3.05) is 28.4 Å². The molecule has 3 rings (SSSR count). The van der Waals surface area contributed by atoms with Crippen LogP contribution < -0.4 is 23.9 Å². The molecule has 0 aliphatic carbocycles. The van der Waals surface area contributed by atoms with Crippen LogP contribution in [0.4, 0.5) is 4.39 Å². The van der Waals surface area contributed by atoms with Crippen molar-refractivity contribution in [2.24, 2.45) is 0 Å². The summed E-state index contributed by atoms with van der Waals surface area (Å²) in [5, 5.41) is 16.0. The molecule has 8 nitrogen and oxygen atoms in total. The molecule has 0 bridgehead atoms. The van der Waals surface area contributed by atoms with Crippen molar-refractivity contribution < 1.29 is 32.9 Å². The van der Waals surface area contributed by atoms with E-state index in [1.54, 1.807) is 12.1 Å².